The van der Waals surface area contributed by atoms with E-state index in [9.17, 15) is 14.0 Å². The molecule has 1 N–H and O–H groups in total. The Morgan fingerprint density at radius 1 is 1.15 bits per heavy atom. The van der Waals surface area contributed by atoms with Gasteiger partial charge in [-0.1, -0.05) is 45.0 Å². The highest BCUT2D eigenvalue weighted by Gasteiger charge is 2.40. The maximum atomic E-state index is 14.4. The van der Waals surface area contributed by atoms with Crippen LogP contribution >= 0.6 is 11.8 Å². The van der Waals surface area contributed by atoms with Crippen molar-refractivity contribution in [1.29, 1.82) is 0 Å². The Kier molecular flexibility index (Phi) is 7.36. The second-order valence-corrected chi connectivity index (χ2v) is 11.8. The fourth-order valence-corrected chi connectivity index (χ4v) is 5.93. The molecule has 1 aliphatic heterocycles. The van der Waals surface area contributed by atoms with Crippen molar-refractivity contribution in [1.82, 2.24) is 15.1 Å². The molecule has 4 aromatic rings. The molecular formula is C30H31FN4O3S. The van der Waals surface area contributed by atoms with Crippen LogP contribution in [0.1, 0.15) is 54.2 Å². The summed E-state index contributed by atoms with van der Waals surface area (Å²) in [5, 5.41) is 7.55. The molecule has 1 aliphatic rings. The minimum absolute atomic E-state index is 0.124. The third-order valence-corrected chi connectivity index (χ3v) is 7.79. The molecule has 9 heteroatoms. The van der Waals surface area contributed by atoms with E-state index in [1.165, 1.54) is 28.8 Å². The number of hydrogen-bond donors (Lipinski definition) is 1. The summed E-state index contributed by atoms with van der Waals surface area (Å²) >= 11 is 1.42. The van der Waals surface area contributed by atoms with Gasteiger partial charge in [0.25, 0.3) is 0 Å². The van der Waals surface area contributed by atoms with Gasteiger partial charge in [0.1, 0.15) is 23.9 Å². The number of hydrogen-bond acceptors (Lipinski definition) is 5. The minimum Gasteiger partial charge on any atom is -0.467 e. The molecule has 0 radical (unpaired) electrons. The fourth-order valence-electron chi connectivity index (χ4n) is 4.74. The van der Waals surface area contributed by atoms with Crippen molar-refractivity contribution in [2.24, 2.45) is 0 Å². The summed E-state index contributed by atoms with van der Waals surface area (Å²) in [5.74, 6) is 0.383. The largest absolute Gasteiger partial charge is 0.467 e. The number of anilines is 1. The third-order valence-electron chi connectivity index (χ3n) is 6.54. The van der Waals surface area contributed by atoms with E-state index in [0.717, 1.165) is 28.1 Å². The Morgan fingerprint density at radius 2 is 1.95 bits per heavy atom. The van der Waals surface area contributed by atoms with Crippen LogP contribution in [0.2, 0.25) is 0 Å². The van der Waals surface area contributed by atoms with Gasteiger partial charge in [-0.3, -0.25) is 14.5 Å². The van der Waals surface area contributed by atoms with Crippen LogP contribution < -0.4 is 10.2 Å². The van der Waals surface area contributed by atoms with E-state index >= 15 is 0 Å². The molecule has 3 heterocycles. The van der Waals surface area contributed by atoms with Crippen LogP contribution in [0.15, 0.2) is 71.3 Å². The lowest BCUT2D eigenvalue weighted by atomic mass is 9.87. The van der Waals surface area contributed by atoms with Crippen molar-refractivity contribution in [2.75, 3.05) is 17.2 Å². The Balaban J connectivity index is 1.68. The van der Waals surface area contributed by atoms with Crippen LogP contribution in [0, 0.1) is 12.7 Å². The lowest BCUT2D eigenvalue weighted by molar-refractivity contribution is -0.123. The molecule has 0 bridgehead atoms. The third kappa shape index (κ3) is 5.63. The topological polar surface area (TPSA) is 80.4 Å². The van der Waals surface area contributed by atoms with E-state index in [2.05, 4.69) is 26.1 Å². The Bertz CT molecular complexity index is 1510. The number of amides is 2. The molecule has 2 amide bonds. The van der Waals surface area contributed by atoms with E-state index in [4.69, 9.17) is 9.52 Å². The zero-order valence-corrected chi connectivity index (χ0v) is 23.2. The average Bonchev–Trinajstić information content (AvgIpc) is 3.52. The van der Waals surface area contributed by atoms with Gasteiger partial charge in [0, 0.05) is 11.0 Å². The summed E-state index contributed by atoms with van der Waals surface area (Å²) in [7, 11) is 0. The smallest absolute Gasteiger partial charge is 0.240 e. The molecule has 2 aromatic heterocycles. The number of nitrogens with one attached hydrogen (secondary N) is 1. The number of carbonyl (C=O) groups is 2. The zero-order valence-electron chi connectivity index (χ0n) is 22.4. The van der Waals surface area contributed by atoms with Crippen molar-refractivity contribution in [3.05, 3.63) is 101 Å². The monoisotopic (exact) mass is 546 g/mol. The standard InChI is InChI=1S/C30H31FN4O3S/c1-19-8-5-11-22(14-19)35-29-26(28(33-35)30(2,3)4)27(20-9-6-10-21(31)15-20)39-18-25(37)34(29)17-24(36)32-16-23-12-7-13-38-23/h5-15,27H,16-18H2,1-4H3,(H,32,36)/t27-/m1/s1. The number of aromatic nitrogens is 2. The minimum atomic E-state index is -0.397. The molecule has 0 unspecified atom stereocenters. The zero-order chi connectivity index (χ0) is 27.7. The van der Waals surface area contributed by atoms with Crippen molar-refractivity contribution in [3.8, 4) is 5.69 Å². The van der Waals surface area contributed by atoms with E-state index in [1.54, 1.807) is 29.1 Å². The van der Waals surface area contributed by atoms with E-state index in [1.807, 2.05) is 37.3 Å². The molecule has 39 heavy (non-hydrogen) atoms. The van der Waals surface area contributed by atoms with E-state index in [-0.39, 0.29) is 41.7 Å². The normalized spacial score (nSPS) is 15.7. The van der Waals surface area contributed by atoms with Crippen LogP contribution in [0.4, 0.5) is 10.2 Å². The first kappa shape index (κ1) is 26.7. The number of carbonyl (C=O) groups excluding carboxylic acids is 2. The summed E-state index contributed by atoms with van der Waals surface area (Å²) in [4.78, 5) is 28.4. The van der Waals surface area contributed by atoms with Crippen LogP contribution in [-0.4, -0.2) is 33.9 Å². The molecule has 0 saturated carbocycles. The number of nitrogens with zero attached hydrogens (tertiary/aromatic N) is 3. The van der Waals surface area contributed by atoms with Gasteiger partial charge in [-0.15, -0.1) is 11.8 Å². The number of fused-ring (bicyclic) bond motifs is 1. The summed E-state index contributed by atoms with van der Waals surface area (Å²) in [5.41, 5.74) is 3.76. The molecule has 0 spiro atoms. The van der Waals surface area contributed by atoms with Crippen molar-refractivity contribution in [2.45, 2.75) is 44.9 Å². The van der Waals surface area contributed by atoms with Gasteiger partial charge in [0.15, 0.2) is 0 Å². The summed E-state index contributed by atoms with van der Waals surface area (Å²) in [6, 6.07) is 17.9. The quantitative estimate of drug-likeness (QED) is 0.336. The molecule has 0 aliphatic carbocycles. The Labute approximate surface area is 231 Å². The first-order valence-corrected chi connectivity index (χ1v) is 13.8. The number of rotatable bonds is 6. The predicted octanol–water partition coefficient (Wildman–Crippen LogP) is 5.70. The van der Waals surface area contributed by atoms with Crippen molar-refractivity contribution in [3.63, 3.8) is 0 Å². The molecule has 1 atom stereocenters. The number of benzene rings is 2. The lowest BCUT2D eigenvalue weighted by Gasteiger charge is -2.24. The van der Waals surface area contributed by atoms with Gasteiger partial charge < -0.3 is 9.73 Å². The second kappa shape index (κ2) is 10.7. The summed E-state index contributed by atoms with van der Waals surface area (Å²) in [6.45, 7) is 8.21. The van der Waals surface area contributed by atoms with Crippen LogP contribution in [-0.2, 0) is 21.5 Å². The number of halogens is 1. The maximum Gasteiger partial charge on any atom is 0.240 e. The molecule has 202 valence electrons. The highest BCUT2D eigenvalue weighted by Crippen LogP contribution is 2.48. The lowest BCUT2D eigenvalue weighted by Crippen LogP contribution is -2.42. The fraction of sp³-hybridized carbons (Fsp3) is 0.300. The molecular weight excluding hydrogens is 515 g/mol. The second-order valence-electron chi connectivity index (χ2n) is 10.7. The SMILES string of the molecule is Cc1cccc(-n2nc(C(C)(C)C)c3c2N(CC(=O)NCc2ccco2)C(=O)CS[C@@H]3c2cccc(F)c2)c1. The van der Waals surface area contributed by atoms with Crippen LogP contribution in [0.5, 0.6) is 0 Å². The predicted molar refractivity (Wildman–Crippen MR) is 151 cm³/mol. The van der Waals surface area contributed by atoms with E-state index < -0.39 is 5.41 Å². The Hall–Kier alpha value is -3.85. The van der Waals surface area contributed by atoms with Crippen LogP contribution in [0.25, 0.3) is 5.69 Å². The number of aryl methyl sites for hydroxylation is 1. The van der Waals surface area contributed by atoms with Gasteiger partial charge in [-0.05, 0) is 54.4 Å². The van der Waals surface area contributed by atoms with Crippen molar-refractivity contribution < 1.29 is 18.4 Å². The average molecular weight is 547 g/mol. The molecule has 2 aromatic carbocycles. The first-order chi connectivity index (χ1) is 18.6. The van der Waals surface area contributed by atoms with Gasteiger partial charge in [0.05, 0.1) is 35.2 Å². The van der Waals surface area contributed by atoms with Gasteiger partial charge in [-0.25, -0.2) is 9.07 Å². The van der Waals surface area contributed by atoms with Crippen LogP contribution in [0.3, 0.4) is 0 Å². The number of thioether (sulfide) groups is 1. The number of furan rings is 1. The Morgan fingerprint density at radius 3 is 2.64 bits per heavy atom. The molecule has 0 fully saturated rings. The van der Waals surface area contributed by atoms with E-state index in [0.29, 0.717) is 11.6 Å². The summed E-state index contributed by atoms with van der Waals surface area (Å²) in [6.07, 6.45) is 1.55. The maximum absolute atomic E-state index is 14.4. The van der Waals surface area contributed by atoms with Gasteiger partial charge in [0.2, 0.25) is 11.8 Å². The van der Waals surface area contributed by atoms with Gasteiger partial charge in [-0.2, -0.15) is 5.10 Å². The molecule has 7 nitrogen and oxygen atoms in total. The first-order valence-electron chi connectivity index (χ1n) is 12.8. The molecule has 0 saturated heterocycles. The highest BCUT2D eigenvalue weighted by atomic mass is 32.2. The molecule has 5 rings (SSSR count). The highest BCUT2D eigenvalue weighted by molar-refractivity contribution is 8.00. The van der Waals surface area contributed by atoms with Gasteiger partial charge >= 0.3 is 0 Å². The van der Waals surface area contributed by atoms with Crippen molar-refractivity contribution >= 4 is 29.4 Å². The summed E-state index contributed by atoms with van der Waals surface area (Å²) < 4.78 is 21.5.